The van der Waals surface area contributed by atoms with Gasteiger partial charge >= 0.3 is 0 Å². The zero-order valence-electron chi connectivity index (χ0n) is 11.4. The van der Waals surface area contributed by atoms with Gasteiger partial charge in [0, 0.05) is 17.9 Å². The van der Waals surface area contributed by atoms with Gasteiger partial charge in [-0.15, -0.1) is 0 Å². The molecule has 2 rings (SSSR count). The standard InChI is InChI=1S/C15H17NO3/c1-9-4-5-12(10(2)6-9)13(17)8-16-14(18)7-11(3)15(16)19/h4-6,11H,7-8H2,1-3H3. The zero-order valence-corrected chi connectivity index (χ0v) is 11.4. The number of benzene rings is 1. The minimum atomic E-state index is -0.306. The van der Waals surface area contributed by atoms with Crippen molar-refractivity contribution in [2.75, 3.05) is 6.54 Å². The Morgan fingerprint density at radius 1 is 1.32 bits per heavy atom. The van der Waals surface area contributed by atoms with Crippen molar-refractivity contribution in [1.82, 2.24) is 4.90 Å². The van der Waals surface area contributed by atoms with E-state index in [-0.39, 0.29) is 36.5 Å². The van der Waals surface area contributed by atoms with Crippen LogP contribution in [0.1, 0.15) is 34.8 Å². The molecule has 0 aromatic heterocycles. The summed E-state index contributed by atoms with van der Waals surface area (Å²) < 4.78 is 0. The van der Waals surface area contributed by atoms with Crippen molar-refractivity contribution in [2.24, 2.45) is 5.92 Å². The Balaban J connectivity index is 2.18. The van der Waals surface area contributed by atoms with Crippen molar-refractivity contribution in [3.63, 3.8) is 0 Å². The fraction of sp³-hybridized carbons (Fsp3) is 0.400. The second kappa shape index (κ2) is 4.96. The number of imide groups is 1. The fourth-order valence-corrected chi connectivity index (χ4v) is 2.37. The van der Waals surface area contributed by atoms with E-state index in [0.29, 0.717) is 5.56 Å². The van der Waals surface area contributed by atoms with Gasteiger partial charge in [-0.1, -0.05) is 30.7 Å². The third-order valence-corrected chi connectivity index (χ3v) is 3.45. The van der Waals surface area contributed by atoms with E-state index < -0.39 is 0 Å². The van der Waals surface area contributed by atoms with Crippen molar-refractivity contribution >= 4 is 17.6 Å². The van der Waals surface area contributed by atoms with Crippen LogP contribution < -0.4 is 0 Å². The summed E-state index contributed by atoms with van der Waals surface area (Å²) in [6.45, 7) is 5.38. The molecule has 1 atom stereocenters. The van der Waals surface area contributed by atoms with Crippen molar-refractivity contribution < 1.29 is 14.4 Å². The summed E-state index contributed by atoms with van der Waals surface area (Å²) >= 11 is 0. The van der Waals surface area contributed by atoms with Crippen LogP contribution in [0.4, 0.5) is 0 Å². The lowest BCUT2D eigenvalue weighted by molar-refractivity contribution is -0.138. The second-order valence-electron chi connectivity index (χ2n) is 5.16. The molecule has 0 N–H and O–H groups in total. The van der Waals surface area contributed by atoms with Crippen LogP contribution in [0.15, 0.2) is 18.2 Å². The number of nitrogens with zero attached hydrogens (tertiary/aromatic N) is 1. The first-order chi connectivity index (χ1) is 8.90. The fourth-order valence-electron chi connectivity index (χ4n) is 2.37. The molecule has 0 radical (unpaired) electrons. The van der Waals surface area contributed by atoms with Crippen LogP contribution >= 0.6 is 0 Å². The molecule has 4 nitrogen and oxygen atoms in total. The molecular formula is C15H17NO3. The molecule has 1 aliphatic rings. The number of aryl methyl sites for hydroxylation is 2. The number of likely N-dealkylation sites (tertiary alicyclic amines) is 1. The topological polar surface area (TPSA) is 54.5 Å². The maximum absolute atomic E-state index is 12.2. The second-order valence-corrected chi connectivity index (χ2v) is 5.16. The van der Waals surface area contributed by atoms with Gasteiger partial charge in [-0.3, -0.25) is 19.3 Å². The van der Waals surface area contributed by atoms with Crippen molar-refractivity contribution in [3.8, 4) is 0 Å². The number of amides is 2. The van der Waals surface area contributed by atoms with Crippen LogP contribution in [0.5, 0.6) is 0 Å². The molecule has 1 saturated heterocycles. The van der Waals surface area contributed by atoms with Crippen molar-refractivity contribution in [3.05, 3.63) is 34.9 Å². The molecular weight excluding hydrogens is 242 g/mol. The van der Waals surface area contributed by atoms with E-state index in [0.717, 1.165) is 16.0 Å². The molecule has 1 aromatic carbocycles. The Bertz CT molecular complexity index is 563. The highest BCUT2D eigenvalue weighted by Gasteiger charge is 2.36. The SMILES string of the molecule is Cc1ccc(C(=O)CN2C(=O)CC(C)C2=O)c(C)c1. The van der Waals surface area contributed by atoms with Gasteiger partial charge in [0.25, 0.3) is 0 Å². The summed E-state index contributed by atoms with van der Waals surface area (Å²) in [5.41, 5.74) is 2.53. The third-order valence-electron chi connectivity index (χ3n) is 3.45. The Morgan fingerprint density at radius 2 is 2.00 bits per heavy atom. The monoisotopic (exact) mass is 259 g/mol. The van der Waals surface area contributed by atoms with Gasteiger partial charge in [0.2, 0.25) is 11.8 Å². The van der Waals surface area contributed by atoms with Gasteiger partial charge in [0.1, 0.15) is 0 Å². The average Bonchev–Trinajstić information content (AvgIpc) is 2.56. The lowest BCUT2D eigenvalue weighted by Gasteiger charge is -2.14. The molecule has 1 unspecified atom stereocenters. The third kappa shape index (κ3) is 2.57. The number of ketones is 1. The van der Waals surface area contributed by atoms with E-state index in [9.17, 15) is 14.4 Å². The van der Waals surface area contributed by atoms with Crippen LogP contribution in [0, 0.1) is 19.8 Å². The zero-order chi connectivity index (χ0) is 14.2. The van der Waals surface area contributed by atoms with Crippen molar-refractivity contribution in [1.29, 1.82) is 0 Å². The smallest absolute Gasteiger partial charge is 0.232 e. The molecule has 1 fully saturated rings. The molecule has 100 valence electrons. The number of Topliss-reactive ketones (excluding diaryl/α,β-unsaturated/α-hetero) is 1. The molecule has 0 saturated carbocycles. The lowest BCUT2D eigenvalue weighted by atomic mass is 10.0. The van der Waals surface area contributed by atoms with E-state index >= 15 is 0 Å². The van der Waals surface area contributed by atoms with E-state index in [2.05, 4.69) is 0 Å². The Labute approximate surface area is 112 Å². The quantitative estimate of drug-likeness (QED) is 0.615. The maximum atomic E-state index is 12.2. The lowest BCUT2D eigenvalue weighted by Crippen LogP contribution is -2.35. The molecule has 1 aromatic rings. The number of carbonyl (C=O) groups is 3. The van der Waals surface area contributed by atoms with Gasteiger partial charge in [-0.25, -0.2) is 0 Å². The van der Waals surface area contributed by atoms with E-state index in [1.54, 1.807) is 13.0 Å². The Kier molecular flexibility index (Phi) is 3.51. The summed E-state index contributed by atoms with van der Waals surface area (Å²) in [5, 5.41) is 0. The summed E-state index contributed by atoms with van der Waals surface area (Å²) in [7, 11) is 0. The summed E-state index contributed by atoms with van der Waals surface area (Å²) in [6, 6.07) is 5.53. The molecule has 0 spiro atoms. The summed E-state index contributed by atoms with van der Waals surface area (Å²) in [4.78, 5) is 36.7. The molecule has 19 heavy (non-hydrogen) atoms. The summed E-state index contributed by atoms with van der Waals surface area (Å²) in [6.07, 6.45) is 0.207. The average molecular weight is 259 g/mol. The molecule has 0 bridgehead atoms. The molecule has 1 aliphatic heterocycles. The molecule has 2 amide bonds. The van der Waals surface area contributed by atoms with E-state index in [4.69, 9.17) is 0 Å². The number of rotatable bonds is 3. The normalized spacial score (nSPS) is 19.1. The largest absolute Gasteiger partial charge is 0.292 e. The Hall–Kier alpha value is -1.97. The minimum absolute atomic E-state index is 0.147. The number of hydrogen-bond acceptors (Lipinski definition) is 3. The molecule has 4 heteroatoms. The van der Waals surface area contributed by atoms with Gasteiger partial charge in [0.05, 0.1) is 6.54 Å². The van der Waals surface area contributed by atoms with E-state index in [1.165, 1.54) is 0 Å². The molecule has 0 aliphatic carbocycles. The first kappa shape index (κ1) is 13.5. The van der Waals surface area contributed by atoms with E-state index in [1.807, 2.05) is 26.0 Å². The minimum Gasteiger partial charge on any atom is -0.292 e. The predicted octanol–water partition coefficient (Wildman–Crippen LogP) is 1.88. The maximum Gasteiger partial charge on any atom is 0.232 e. The highest BCUT2D eigenvalue weighted by atomic mass is 16.2. The van der Waals surface area contributed by atoms with Gasteiger partial charge < -0.3 is 0 Å². The highest BCUT2D eigenvalue weighted by molar-refractivity contribution is 6.09. The van der Waals surface area contributed by atoms with Crippen molar-refractivity contribution in [2.45, 2.75) is 27.2 Å². The first-order valence-corrected chi connectivity index (χ1v) is 6.35. The molecule has 1 heterocycles. The Morgan fingerprint density at radius 3 is 2.53 bits per heavy atom. The highest BCUT2D eigenvalue weighted by Crippen LogP contribution is 2.20. The van der Waals surface area contributed by atoms with Crippen LogP contribution in [0.2, 0.25) is 0 Å². The van der Waals surface area contributed by atoms with Gasteiger partial charge in [-0.05, 0) is 19.4 Å². The number of carbonyl (C=O) groups excluding carboxylic acids is 3. The van der Waals surface area contributed by atoms with Gasteiger partial charge in [-0.2, -0.15) is 0 Å². The first-order valence-electron chi connectivity index (χ1n) is 6.35. The van der Waals surface area contributed by atoms with Crippen LogP contribution in [0.25, 0.3) is 0 Å². The van der Waals surface area contributed by atoms with Crippen LogP contribution in [0.3, 0.4) is 0 Å². The van der Waals surface area contributed by atoms with Crippen LogP contribution in [-0.4, -0.2) is 29.0 Å². The van der Waals surface area contributed by atoms with Crippen LogP contribution in [-0.2, 0) is 9.59 Å². The predicted molar refractivity (Wildman–Crippen MR) is 70.7 cm³/mol. The number of hydrogen-bond donors (Lipinski definition) is 0. The van der Waals surface area contributed by atoms with Gasteiger partial charge in [0.15, 0.2) is 5.78 Å². The summed E-state index contributed by atoms with van der Waals surface area (Å²) in [5.74, 6) is -0.994.